The van der Waals surface area contributed by atoms with Gasteiger partial charge < -0.3 is 5.32 Å². The second-order valence-corrected chi connectivity index (χ2v) is 9.46. The molecule has 168 valence electrons. The number of anilines is 1. The van der Waals surface area contributed by atoms with Crippen LogP contribution >= 0.6 is 46.6 Å². The molecule has 5 nitrogen and oxygen atoms in total. The van der Waals surface area contributed by atoms with Crippen molar-refractivity contribution < 1.29 is 4.79 Å². The highest BCUT2D eigenvalue weighted by molar-refractivity contribution is 7.99. The first-order valence-electron chi connectivity index (χ1n) is 9.92. The summed E-state index contributed by atoms with van der Waals surface area (Å²) in [5, 5.41) is 4.88. The zero-order valence-corrected chi connectivity index (χ0v) is 20.7. The molecule has 0 fully saturated rings. The average Bonchev–Trinajstić information content (AvgIpc) is 2.80. The topological polar surface area (TPSA) is 64.0 Å². The van der Waals surface area contributed by atoms with E-state index in [0.29, 0.717) is 42.5 Å². The van der Waals surface area contributed by atoms with Gasteiger partial charge in [0.1, 0.15) is 0 Å². The highest BCUT2D eigenvalue weighted by Crippen LogP contribution is 2.33. The largest absolute Gasteiger partial charge is 0.323 e. The van der Waals surface area contributed by atoms with Crippen LogP contribution in [0.2, 0.25) is 15.1 Å². The van der Waals surface area contributed by atoms with Crippen molar-refractivity contribution in [3.63, 3.8) is 0 Å². The van der Waals surface area contributed by atoms with Crippen molar-refractivity contribution in [2.24, 2.45) is 0 Å². The molecule has 4 rings (SSSR count). The lowest BCUT2D eigenvalue weighted by Crippen LogP contribution is -2.23. The number of benzene rings is 3. The molecule has 0 spiro atoms. The van der Waals surface area contributed by atoms with E-state index in [0.717, 1.165) is 22.9 Å². The molecule has 0 saturated heterocycles. The average molecular weight is 519 g/mol. The Bertz CT molecular complexity index is 1450. The van der Waals surface area contributed by atoms with Gasteiger partial charge >= 0.3 is 0 Å². The molecule has 1 heterocycles. The Balaban J connectivity index is 1.72. The van der Waals surface area contributed by atoms with Crippen molar-refractivity contribution in [3.8, 4) is 5.69 Å². The van der Waals surface area contributed by atoms with E-state index in [4.69, 9.17) is 34.8 Å². The minimum atomic E-state index is -0.328. The number of hydrogen-bond acceptors (Lipinski definition) is 4. The number of hydrogen-bond donors (Lipinski definition) is 1. The molecule has 0 bridgehead atoms. The molecule has 0 atom stereocenters. The highest BCUT2D eigenvalue weighted by Gasteiger charge is 2.18. The molecular weight excluding hydrogens is 501 g/mol. The molecule has 1 amide bonds. The molecule has 3 aromatic carbocycles. The molecule has 0 aliphatic heterocycles. The fraction of sp³-hybridized carbons (Fsp3) is 0.125. The van der Waals surface area contributed by atoms with Crippen LogP contribution in [0.4, 0.5) is 5.69 Å². The van der Waals surface area contributed by atoms with Gasteiger partial charge in [0.2, 0.25) is 5.91 Å². The highest BCUT2D eigenvalue weighted by atomic mass is 35.5. The molecule has 0 aliphatic carbocycles. The maximum absolute atomic E-state index is 13.4. The van der Waals surface area contributed by atoms with E-state index in [-0.39, 0.29) is 17.2 Å². The normalized spacial score (nSPS) is 11.1. The van der Waals surface area contributed by atoms with E-state index < -0.39 is 0 Å². The molecule has 1 aromatic heterocycles. The fourth-order valence-corrected chi connectivity index (χ4v) is 4.78. The summed E-state index contributed by atoms with van der Waals surface area (Å²) in [6, 6.07) is 15.9. The van der Waals surface area contributed by atoms with Crippen LogP contribution in [-0.2, 0) is 4.79 Å². The first kappa shape index (κ1) is 23.6. The number of amides is 1. The molecule has 0 radical (unpaired) electrons. The van der Waals surface area contributed by atoms with Gasteiger partial charge in [0.15, 0.2) is 5.16 Å². The van der Waals surface area contributed by atoms with E-state index in [1.165, 1.54) is 4.57 Å². The number of para-hydroxylation sites is 1. The molecule has 4 aromatic rings. The number of halogens is 3. The Morgan fingerprint density at radius 1 is 1.00 bits per heavy atom. The summed E-state index contributed by atoms with van der Waals surface area (Å²) in [5.41, 5.74) is 2.81. The lowest BCUT2D eigenvalue weighted by molar-refractivity contribution is -0.113. The Morgan fingerprint density at radius 2 is 1.76 bits per heavy atom. The maximum atomic E-state index is 13.4. The van der Waals surface area contributed by atoms with Crippen LogP contribution in [-0.4, -0.2) is 21.2 Å². The number of aryl methyl sites for hydroxylation is 1. The lowest BCUT2D eigenvalue weighted by atomic mass is 10.2. The summed E-state index contributed by atoms with van der Waals surface area (Å²) in [5.74, 6) is -0.337. The van der Waals surface area contributed by atoms with Crippen LogP contribution in [0.15, 0.2) is 64.5 Å². The second kappa shape index (κ2) is 9.77. The van der Waals surface area contributed by atoms with Gasteiger partial charge in [0.25, 0.3) is 5.56 Å². The molecule has 1 N–H and O–H groups in total. The third-order valence-electron chi connectivity index (χ3n) is 5.11. The lowest BCUT2D eigenvalue weighted by Gasteiger charge is -2.16. The minimum Gasteiger partial charge on any atom is -0.323 e. The smallest absolute Gasteiger partial charge is 0.266 e. The van der Waals surface area contributed by atoms with Gasteiger partial charge in [0.05, 0.1) is 38.1 Å². The van der Waals surface area contributed by atoms with Crippen LogP contribution < -0.4 is 10.9 Å². The van der Waals surface area contributed by atoms with Gasteiger partial charge in [-0.2, -0.15) is 0 Å². The van der Waals surface area contributed by atoms with Crippen molar-refractivity contribution in [2.75, 3.05) is 11.1 Å². The summed E-state index contributed by atoms with van der Waals surface area (Å²) in [7, 11) is 0. The predicted octanol–water partition coefficient (Wildman–Crippen LogP) is 6.69. The van der Waals surface area contributed by atoms with E-state index in [1.54, 1.807) is 48.5 Å². The number of carbonyl (C=O) groups is 1. The maximum Gasteiger partial charge on any atom is 0.266 e. The van der Waals surface area contributed by atoms with E-state index in [9.17, 15) is 9.59 Å². The molecule has 33 heavy (non-hydrogen) atoms. The number of fused-ring (bicyclic) bond motifs is 1. The number of aromatic nitrogens is 2. The number of nitrogens with zero attached hydrogens (tertiary/aromatic N) is 2. The van der Waals surface area contributed by atoms with Crippen molar-refractivity contribution in [1.82, 2.24) is 9.55 Å². The third kappa shape index (κ3) is 4.75. The number of carbonyl (C=O) groups excluding carboxylic acids is 1. The van der Waals surface area contributed by atoms with Gasteiger partial charge in [-0.1, -0.05) is 70.8 Å². The van der Waals surface area contributed by atoms with E-state index >= 15 is 0 Å². The Morgan fingerprint density at radius 3 is 2.55 bits per heavy atom. The summed E-state index contributed by atoms with van der Waals surface area (Å²) < 4.78 is 1.49. The third-order valence-corrected chi connectivity index (χ3v) is 7.26. The number of nitrogens with one attached hydrogen (secondary N) is 1. The summed E-state index contributed by atoms with van der Waals surface area (Å²) in [6.07, 6.45) is 0. The molecule has 0 saturated carbocycles. The standard InChI is InChI=1S/C24H18Cl3N3O2S/c1-13-10-11-17(26)22(21(13)27)29-20(31)12-33-24-28-18-8-4-3-6-15(18)23(32)30(24)19-9-5-7-16(25)14(19)2/h3-11H,12H2,1-2H3,(H,29,31). The summed E-state index contributed by atoms with van der Waals surface area (Å²) in [6.45, 7) is 3.66. The van der Waals surface area contributed by atoms with Crippen molar-refractivity contribution >= 4 is 69.1 Å². The number of thioether (sulfide) groups is 1. The van der Waals surface area contributed by atoms with Crippen LogP contribution in [0.5, 0.6) is 0 Å². The van der Waals surface area contributed by atoms with Gasteiger partial charge in [0, 0.05) is 5.02 Å². The Kier molecular flexibility index (Phi) is 7.00. The van der Waals surface area contributed by atoms with Gasteiger partial charge in [-0.25, -0.2) is 4.98 Å². The second-order valence-electron chi connectivity index (χ2n) is 7.33. The minimum absolute atomic E-state index is 0.00894. The van der Waals surface area contributed by atoms with Crippen LogP contribution in [0.1, 0.15) is 11.1 Å². The Labute approximate surface area is 209 Å². The SMILES string of the molecule is Cc1ccc(Cl)c(NC(=O)CSc2nc3ccccc3c(=O)n2-c2cccc(Cl)c2C)c1Cl. The molecule has 0 aliphatic rings. The monoisotopic (exact) mass is 517 g/mol. The van der Waals surface area contributed by atoms with Crippen molar-refractivity contribution in [3.05, 3.63) is 91.1 Å². The van der Waals surface area contributed by atoms with Gasteiger partial charge in [-0.15, -0.1) is 0 Å². The van der Waals surface area contributed by atoms with Gasteiger partial charge in [-0.05, 0) is 55.3 Å². The number of rotatable bonds is 5. The van der Waals surface area contributed by atoms with E-state index in [1.807, 2.05) is 19.9 Å². The van der Waals surface area contributed by atoms with Crippen molar-refractivity contribution in [1.29, 1.82) is 0 Å². The zero-order chi connectivity index (χ0) is 23.7. The first-order chi connectivity index (χ1) is 15.8. The predicted molar refractivity (Wildman–Crippen MR) is 138 cm³/mol. The van der Waals surface area contributed by atoms with Crippen LogP contribution in [0.3, 0.4) is 0 Å². The fourth-order valence-electron chi connectivity index (χ4n) is 3.34. The van der Waals surface area contributed by atoms with Crippen LogP contribution in [0, 0.1) is 13.8 Å². The van der Waals surface area contributed by atoms with Crippen LogP contribution in [0.25, 0.3) is 16.6 Å². The summed E-state index contributed by atoms with van der Waals surface area (Å²) in [4.78, 5) is 30.8. The molecule has 0 unspecified atom stereocenters. The zero-order valence-electron chi connectivity index (χ0n) is 17.7. The first-order valence-corrected chi connectivity index (χ1v) is 12.0. The van der Waals surface area contributed by atoms with E-state index in [2.05, 4.69) is 10.3 Å². The Hall–Kier alpha value is -2.51. The summed E-state index contributed by atoms with van der Waals surface area (Å²) >= 11 is 20.0. The molecule has 9 heteroatoms. The van der Waals surface area contributed by atoms with Crippen molar-refractivity contribution in [2.45, 2.75) is 19.0 Å². The van der Waals surface area contributed by atoms with Gasteiger partial charge in [-0.3, -0.25) is 14.2 Å². The quantitative estimate of drug-likeness (QED) is 0.236. The molecular formula is C24H18Cl3N3O2S.